The molecule has 5 nitrogen and oxygen atoms in total. The third-order valence-electron chi connectivity index (χ3n) is 4.22. The number of carbonyl (C=O) groups excluding carboxylic acids is 1. The van der Waals surface area contributed by atoms with E-state index in [1.807, 2.05) is 27.1 Å². The SMILES string of the molecule is C[C@H](C(=O)NCCN(C)C)N1CCN(c2ccccc2)CC1. The molecule has 1 N–H and O–H groups in total. The fraction of sp³-hybridized carbons (Fsp3) is 0.588. The molecule has 0 radical (unpaired) electrons. The number of hydrogen-bond donors (Lipinski definition) is 1. The minimum atomic E-state index is -0.0555. The van der Waals surface area contributed by atoms with E-state index in [9.17, 15) is 4.79 Å². The predicted octanol–water partition coefficient (Wildman–Crippen LogP) is 0.875. The lowest BCUT2D eigenvalue weighted by Crippen LogP contribution is -2.54. The molecule has 1 heterocycles. The first-order valence-corrected chi connectivity index (χ1v) is 8.04. The standard InChI is InChI=1S/C17H28N4O/c1-15(17(22)18-9-10-19(2)3)20-11-13-21(14-12-20)16-7-5-4-6-8-16/h4-8,15H,9-14H2,1-3H3,(H,18,22)/t15-/m1/s1. The maximum absolute atomic E-state index is 12.2. The fourth-order valence-electron chi connectivity index (χ4n) is 2.72. The molecule has 0 aromatic heterocycles. The topological polar surface area (TPSA) is 38.8 Å². The highest BCUT2D eigenvalue weighted by molar-refractivity contribution is 5.81. The van der Waals surface area contributed by atoms with Crippen molar-refractivity contribution >= 4 is 11.6 Å². The van der Waals surface area contributed by atoms with E-state index in [2.05, 4.69) is 44.3 Å². The maximum Gasteiger partial charge on any atom is 0.237 e. The van der Waals surface area contributed by atoms with Crippen LogP contribution in [0.15, 0.2) is 30.3 Å². The van der Waals surface area contributed by atoms with E-state index in [0.717, 1.165) is 32.7 Å². The van der Waals surface area contributed by atoms with Gasteiger partial charge in [-0.05, 0) is 33.2 Å². The first-order valence-electron chi connectivity index (χ1n) is 8.04. The number of nitrogens with one attached hydrogen (secondary N) is 1. The van der Waals surface area contributed by atoms with Crippen molar-refractivity contribution in [3.8, 4) is 0 Å². The fourth-order valence-corrected chi connectivity index (χ4v) is 2.72. The van der Waals surface area contributed by atoms with E-state index in [1.54, 1.807) is 0 Å². The van der Waals surface area contributed by atoms with Crippen molar-refractivity contribution in [1.82, 2.24) is 15.1 Å². The Balaban J connectivity index is 1.77. The largest absolute Gasteiger partial charge is 0.369 e. The minimum absolute atomic E-state index is 0.0555. The second-order valence-electron chi connectivity index (χ2n) is 6.13. The summed E-state index contributed by atoms with van der Waals surface area (Å²) in [5.41, 5.74) is 1.27. The first-order chi connectivity index (χ1) is 10.6. The van der Waals surface area contributed by atoms with Gasteiger partial charge in [0.15, 0.2) is 0 Å². The van der Waals surface area contributed by atoms with Gasteiger partial charge in [0, 0.05) is 45.0 Å². The number of rotatable bonds is 6. The molecule has 1 aromatic carbocycles. The van der Waals surface area contributed by atoms with Crippen LogP contribution in [0.5, 0.6) is 0 Å². The predicted molar refractivity (Wildman–Crippen MR) is 91.3 cm³/mol. The molecule has 1 aliphatic heterocycles. The minimum Gasteiger partial charge on any atom is -0.369 e. The number of benzene rings is 1. The van der Waals surface area contributed by atoms with Crippen molar-refractivity contribution in [3.63, 3.8) is 0 Å². The zero-order valence-electron chi connectivity index (χ0n) is 14.0. The van der Waals surface area contributed by atoms with Crippen molar-refractivity contribution in [1.29, 1.82) is 0 Å². The zero-order chi connectivity index (χ0) is 15.9. The van der Waals surface area contributed by atoms with Gasteiger partial charge in [-0.1, -0.05) is 18.2 Å². The average Bonchev–Trinajstić information content (AvgIpc) is 2.54. The van der Waals surface area contributed by atoms with Crippen LogP contribution in [0.3, 0.4) is 0 Å². The second kappa shape index (κ2) is 8.15. The maximum atomic E-state index is 12.2. The Bertz CT molecular complexity index is 455. The third-order valence-corrected chi connectivity index (χ3v) is 4.22. The molecular weight excluding hydrogens is 276 g/mol. The van der Waals surface area contributed by atoms with Crippen molar-refractivity contribution in [2.75, 3.05) is 58.3 Å². The van der Waals surface area contributed by atoms with E-state index >= 15 is 0 Å². The molecule has 1 aliphatic rings. The molecule has 1 fully saturated rings. The van der Waals surface area contributed by atoms with Gasteiger partial charge in [0.1, 0.15) is 0 Å². The van der Waals surface area contributed by atoms with Gasteiger partial charge in [0.25, 0.3) is 0 Å². The lowest BCUT2D eigenvalue weighted by atomic mass is 10.2. The van der Waals surface area contributed by atoms with Crippen LogP contribution < -0.4 is 10.2 Å². The van der Waals surface area contributed by atoms with Crippen LogP contribution in [0, 0.1) is 0 Å². The number of anilines is 1. The summed E-state index contributed by atoms with van der Waals surface area (Å²) in [5.74, 6) is 0.134. The molecule has 1 atom stereocenters. The number of hydrogen-bond acceptors (Lipinski definition) is 4. The van der Waals surface area contributed by atoms with E-state index < -0.39 is 0 Å². The quantitative estimate of drug-likeness (QED) is 0.847. The number of carbonyl (C=O) groups is 1. The van der Waals surface area contributed by atoms with E-state index in [4.69, 9.17) is 0 Å². The van der Waals surface area contributed by atoms with Gasteiger partial charge in [-0.2, -0.15) is 0 Å². The molecule has 0 spiro atoms. The first kappa shape index (κ1) is 16.8. The summed E-state index contributed by atoms with van der Waals surface area (Å²) in [7, 11) is 4.02. The number of nitrogens with zero attached hydrogens (tertiary/aromatic N) is 3. The van der Waals surface area contributed by atoms with Crippen LogP contribution in [0.25, 0.3) is 0 Å². The Morgan fingerprint density at radius 2 is 1.82 bits per heavy atom. The highest BCUT2D eigenvalue weighted by Gasteiger charge is 2.25. The van der Waals surface area contributed by atoms with E-state index in [-0.39, 0.29) is 11.9 Å². The van der Waals surface area contributed by atoms with Gasteiger partial charge in [0.2, 0.25) is 5.91 Å². The Hall–Kier alpha value is -1.59. The highest BCUT2D eigenvalue weighted by atomic mass is 16.2. The molecule has 22 heavy (non-hydrogen) atoms. The zero-order valence-corrected chi connectivity index (χ0v) is 14.0. The Morgan fingerprint density at radius 1 is 1.18 bits per heavy atom. The molecule has 122 valence electrons. The van der Waals surface area contributed by atoms with Gasteiger partial charge < -0.3 is 15.1 Å². The Labute approximate surface area is 133 Å². The third kappa shape index (κ3) is 4.71. The van der Waals surface area contributed by atoms with Crippen molar-refractivity contribution in [2.24, 2.45) is 0 Å². The summed E-state index contributed by atoms with van der Waals surface area (Å²) in [6.45, 7) is 7.39. The van der Waals surface area contributed by atoms with E-state index in [1.165, 1.54) is 5.69 Å². The van der Waals surface area contributed by atoms with Gasteiger partial charge >= 0.3 is 0 Å². The highest BCUT2D eigenvalue weighted by Crippen LogP contribution is 2.16. The Kier molecular flexibility index (Phi) is 6.21. The lowest BCUT2D eigenvalue weighted by molar-refractivity contribution is -0.126. The summed E-state index contributed by atoms with van der Waals surface area (Å²) in [5, 5.41) is 3.02. The number of piperazine rings is 1. The van der Waals surface area contributed by atoms with Crippen molar-refractivity contribution in [2.45, 2.75) is 13.0 Å². The van der Waals surface area contributed by atoms with Crippen LogP contribution in [0.2, 0.25) is 0 Å². The van der Waals surface area contributed by atoms with Crippen LogP contribution in [0.1, 0.15) is 6.92 Å². The van der Waals surface area contributed by atoms with Crippen molar-refractivity contribution < 1.29 is 4.79 Å². The Morgan fingerprint density at radius 3 is 2.41 bits per heavy atom. The number of likely N-dealkylation sites (N-methyl/N-ethyl adjacent to an activating group) is 1. The second-order valence-corrected chi connectivity index (χ2v) is 6.13. The molecule has 2 rings (SSSR count). The van der Waals surface area contributed by atoms with E-state index in [0.29, 0.717) is 6.54 Å². The summed E-state index contributed by atoms with van der Waals surface area (Å²) >= 11 is 0. The molecular formula is C17H28N4O. The smallest absolute Gasteiger partial charge is 0.237 e. The van der Waals surface area contributed by atoms with Gasteiger partial charge in [-0.25, -0.2) is 0 Å². The summed E-state index contributed by atoms with van der Waals surface area (Å²) in [6.07, 6.45) is 0. The van der Waals surface area contributed by atoms with Gasteiger partial charge in [0.05, 0.1) is 6.04 Å². The monoisotopic (exact) mass is 304 g/mol. The molecule has 0 aliphatic carbocycles. The summed E-state index contributed by atoms with van der Waals surface area (Å²) in [4.78, 5) is 18.9. The van der Waals surface area contributed by atoms with Gasteiger partial charge in [-0.3, -0.25) is 9.69 Å². The lowest BCUT2D eigenvalue weighted by Gasteiger charge is -2.38. The summed E-state index contributed by atoms with van der Waals surface area (Å²) in [6, 6.07) is 10.4. The van der Waals surface area contributed by atoms with Crippen LogP contribution in [0.4, 0.5) is 5.69 Å². The molecule has 5 heteroatoms. The molecule has 0 saturated carbocycles. The number of amides is 1. The van der Waals surface area contributed by atoms with Crippen molar-refractivity contribution in [3.05, 3.63) is 30.3 Å². The summed E-state index contributed by atoms with van der Waals surface area (Å²) < 4.78 is 0. The normalized spacial score (nSPS) is 17.5. The van der Waals surface area contributed by atoms with Gasteiger partial charge in [-0.15, -0.1) is 0 Å². The van der Waals surface area contributed by atoms with Crippen LogP contribution in [-0.4, -0.2) is 75.1 Å². The molecule has 0 bridgehead atoms. The molecule has 1 amide bonds. The molecule has 0 unspecified atom stereocenters. The van der Waals surface area contributed by atoms with Crippen LogP contribution >= 0.6 is 0 Å². The average molecular weight is 304 g/mol. The van der Waals surface area contributed by atoms with Crippen LogP contribution in [-0.2, 0) is 4.79 Å². The molecule has 1 aromatic rings. The number of para-hydroxylation sites is 1. The molecule has 1 saturated heterocycles.